The van der Waals surface area contributed by atoms with Crippen molar-refractivity contribution < 1.29 is 4.42 Å². The summed E-state index contributed by atoms with van der Waals surface area (Å²) < 4.78 is 5.86. The fraction of sp³-hybridized carbons (Fsp3) is 0.312. The molecule has 1 aliphatic rings. The highest BCUT2D eigenvalue weighted by atomic mass is 16.3. The maximum absolute atomic E-state index is 11.2. The lowest BCUT2D eigenvalue weighted by atomic mass is 10.2. The molecule has 1 fully saturated rings. The fourth-order valence-corrected chi connectivity index (χ4v) is 2.74. The Bertz CT molecular complexity index is 842. The molecule has 0 saturated heterocycles. The SMILES string of the molecule is CC1CC1c1ccc(CNc2ccc3[nH]c(=O)[nH]c3c2)o1. The van der Waals surface area contributed by atoms with Crippen molar-refractivity contribution in [2.45, 2.75) is 25.8 Å². The molecular formula is C16H17N3O2. The third-order valence-corrected chi connectivity index (χ3v) is 4.14. The van der Waals surface area contributed by atoms with Gasteiger partial charge in [-0.15, -0.1) is 0 Å². The number of anilines is 1. The number of aromatic amines is 2. The van der Waals surface area contributed by atoms with Gasteiger partial charge in [-0.1, -0.05) is 6.92 Å². The van der Waals surface area contributed by atoms with E-state index in [1.54, 1.807) is 0 Å². The Labute approximate surface area is 121 Å². The lowest BCUT2D eigenvalue weighted by Crippen LogP contribution is -1.99. The van der Waals surface area contributed by atoms with Gasteiger partial charge in [-0.3, -0.25) is 0 Å². The Hall–Kier alpha value is -2.43. The highest BCUT2D eigenvalue weighted by Crippen LogP contribution is 2.47. The van der Waals surface area contributed by atoms with Crippen LogP contribution in [0.3, 0.4) is 0 Å². The van der Waals surface area contributed by atoms with Crippen LogP contribution < -0.4 is 11.0 Å². The second kappa shape index (κ2) is 4.55. The first-order valence-electron chi connectivity index (χ1n) is 7.23. The van der Waals surface area contributed by atoms with Crippen molar-refractivity contribution in [3.8, 4) is 0 Å². The van der Waals surface area contributed by atoms with Gasteiger partial charge in [0.15, 0.2) is 0 Å². The zero-order valence-corrected chi connectivity index (χ0v) is 11.8. The van der Waals surface area contributed by atoms with Crippen molar-refractivity contribution in [2.75, 3.05) is 5.32 Å². The van der Waals surface area contributed by atoms with Crippen LogP contribution in [0.25, 0.3) is 11.0 Å². The molecular weight excluding hydrogens is 266 g/mol. The molecule has 2 heterocycles. The van der Waals surface area contributed by atoms with Crippen LogP contribution >= 0.6 is 0 Å². The van der Waals surface area contributed by atoms with E-state index in [9.17, 15) is 4.79 Å². The van der Waals surface area contributed by atoms with E-state index in [0.29, 0.717) is 12.5 Å². The number of imidazole rings is 1. The Morgan fingerprint density at radius 2 is 2.05 bits per heavy atom. The highest BCUT2D eigenvalue weighted by molar-refractivity contribution is 5.78. The number of nitrogens with one attached hydrogen (secondary N) is 3. The molecule has 0 amide bonds. The second-order valence-corrected chi connectivity index (χ2v) is 5.82. The van der Waals surface area contributed by atoms with Crippen molar-refractivity contribution in [2.24, 2.45) is 5.92 Å². The summed E-state index contributed by atoms with van der Waals surface area (Å²) in [6.45, 7) is 2.89. The monoisotopic (exact) mass is 283 g/mol. The third kappa shape index (κ3) is 2.35. The van der Waals surface area contributed by atoms with Gasteiger partial charge >= 0.3 is 5.69 Å². The first kappa shape index (κ1) is 12.3. The average molecular weight is 283 g/mol. The molecule has 1 aliphatic carbocycles. The van der Waals surface area contributed by atoms with Crippen LogP contribution in [-0.4, -0.2) is 9.97 Å². The predicted octanol–water partition coefficient (Wildman–Crippen LogP) is 3.18. The number of hydrogen-bond acceptors (Lipinski definition) is 3. The molecule has 3 N–H and O–H groups in total. The molecule has 2 aromatic heterocycles. The Morgan fingerprint density at radius 3 is 2.86 bits per heavy atom. The van der Waals surface area contributed by atoms with Gasteiger partial charge in [0, 0.05) is 11.6 Å². The minimum atomic E-state index is -0.184. The number of hydrogen-bond donors (Lipinski definition) is 3. The predicted molar refractivity (Wildman–Crippen MR) is 81.5 cm³/mol. The molecule has 5 nitrogen and oxygen atoms in total. The van der Waals surface area contributed by atoms with Gasteiger partial charge in [-0.05, 0) is 42.7 Å². The van der Waals surface area contributed by atoms with Gasteiger partial charge in [-0.25, -0.2) is 4.79 Å². The quantitative estimate of drug-likeness (QED) is 0.688. The molecule has 2 unspecified atom stereocenters. The number of H-pyrrole nitrogens is 2. The maximum Gasteiger partial charge on any atom is 0.323 e. The standard InChI is InChI=1S/C16H17N3O2/c1-9-6-12(9)15-5-3-11(21-15)8-17-10-2-4-13-14(7-10)19-16(20)18-13/h2-5,7,9,12,17H,6,8H2,1H3,(H2,18,19,20). The summed E-state index contributed by atoms with van der Waals surface area (Å²) in [6, 6.07) is 9.86. The van der Waals surface area contributed by atoms with Crippen LogP contribution in [0.4, 0.5) is 5.69 Å². The van der Waals surface area contributed by atoms with Gasteiger partial charge in [0.05, 0.1) is 17.6 Å². The van der Waals surface area contributed by atoms with Crippen LogP contribution in [0, 0.1) is 5.92 Å². The summed E-state index contributed by atoms with van der Waals surface area (Å²) in [5, 5.41) is 3.32. The summed E-state index contributed by atoms with van der Waals surface area (Å²) in [4.78, 5) is 16.7. The molecule has 21 heavy (non-hydrogen) atoms. The minimum absolute atomic E-state index is 0.184. The van der Waals surface area contributed by atoms with E-state index in [2.05, 4.69) is 28.3 Å². The zero-order valence-electron chi connectivity index (χ0n) is 11.8. The molecule has 3 aromatic rings. The molecule has 0 radical (unpaired) electrons. The molecule has 0 bridgehead atoms. The van der Waals surface area contributed by atoms with E-state index >= 15 is 0 Å². The number of rotatable bonds is 4. The van der Waals surface area contributed by atoms with Gasteiger partial charge in [0.1, 0.15) is 11.5 Å². The van der Waals surface area contributed by atoms with Crippen LogP contribution in [0.15, 0.2) is 39.5 Å². The summed E-state index contributed by atoms with van der Waals surface area (Å²) in [7, 11) is 0. The van der Waals surface area contributed by atoms with E-state index in [0.717, 1.165) is 34.2 Å². The molecule has 1 aromatic carbocycles. The Morgan fingerprint density at radius 1 is 1.24 bits per heavy atom. The molecule has 0 spiro atoms. The molecule has 108 valence electrons. The molecule has 0 aliphatic heterocycles. The van der Waals surface area contributed by atoms with Gasteiger partial charge in [0.2, 0.25) is 0 Å². The normalized spacial score (nSPS) is 20.8. The van der Waals surface area contributed by atoms with Crippen molar-refractivity contribution in [1.82, 2.24) is 9.97 Å². The summed E-state index contributed by atoms with van der Waals surface area (Å²) in [5.74, 6) is 3.40. The average Bonchev–Trinajstić information content (AvgIpc) is 2.89. The largest absolute Gasteiger partial charge is 0.464 e. The number of benzene rings is 1. The Balaban J connectivity index is 1.47. The van der Waals surface area contributed by atoms with E-state index in [-0.39, 0.29) is 5.69 Å². The zero-order chi connectivity index (χ0) is 14.4. The number of aromatic nitrogens is 2. The number of furan rings is 1. The van der Waals surface area contributed by atoms with Gasteiger partial charge in [0.25, 0.3) is 0 Å². The minimum Gasteiger partial charge on any atom is -0.464 e. The van der Waals surface area contributed by atoms with E-state index in [1.807, 2.05) is 24.3 Å². The lowest BCUT2D eigenvalue weighted by Gasteiger charge is -2.04. The summed E-state index contributed by atoms with van der Waals surface area (Å²) in [5.41, 5.74) is 2.39. The van der Waals surface area contributed by atoms with Crippen molar-refractivity contribution in [3.63, 3.8) is 0 Å². The van der Waals surface area contributed by atoms with E-state index in [4.69, 9.17) is 4.42 Å². The fourth-order valence-electron chi connectivity index (χ4n) is 2.74. The van der Waals surface area contributed by atoms with E-state index in [1.165, 1.54) is 6.42 Å². The maximum atomic E-state index is 11.2. The van der Waals surface area contributed by atoms with Crippen molar-refractivity contribution in [1.29, 1.82) is 0 Å². The first-order valence-corrected chi connectivity index (χ1v) is 7.23. The van der Waals surface area contributed by atoms with Crippen molar-refractivity contribution >= 4 is 16.7 Å². The first-order chi connectivity index (χ1) is 10.2. The van der Waals surface area contributed by atoms with Crippen LogP contribution in [0.5, 0.6) is 0 Å². The van der Waals surface area contributed by atoms with Crippen molar-refractivity contribution in [3.05, 3.63) is 52.3 Å². The highest BCUT2D eigenvalue weighted by Gasteiger charge is 2.36. The van der Waals surface area contributed by atoms with Crippen LogP contribution in [-0.2, 0) is 6.54 Å². The Kier molecular flexibility index (Phi) is 2.67. The van der Waals surface area contributed by atoms with E-state index < -0.39 is 0 Å². The summed E-state index contributed by atoms with van der Waals surface area (Å²) >= 11 is 0. The molecule has 5 heteroatoms. The van der Waals surface area contributed by atoms with Gasteiger partial charge in [-0.2, -0.15) is 0 Å². The molecule has 1 saturated carbocycles. The topological polar surface area (TPSA) is 73.8 Å². The van der Waals surface area contributed by atoms with Gasteiger partial charge < -0.3 is 19.7 Å². The molecule has 4 rings (SSSR count). The summed E-state index contributed by atoms with van der Waals surface area (Å²) in [6.07, 6.45) is 1.23. The van der Waals surface area contributed by atoms with Crippen LogP contribution in [0.2, 0.25) is 0 Å². The molecule has 2 atom stereocenters. The van der Waals surface area contributed by atoms with Crippen LogP contribution in [0.1, 0.15) is 30.8 Å². The number of fused-ring (bicyclic) bond motifs is 1. The second-order valence-electron chi connectivity index (χ2n) is 5.82. The smallest absolute Gasteiger partial charge is 0.323 e. The third-order valence-electron chi connectivity index (χ3n) is 4.14. The lowest BCUT2D eigenvalue weighted by molar-refractivity contribution is 0.468.